The number of aliphatic hydroxyl groups excluding tert-OH is 2. The second-order valence-electron chi connectivity index (χ2n) is 3.48. The molecule has 0 rings (SSSR count). The lowest BCUT2D eigenvalue weighted by Crippen LogP contribution is -2.22. The minimum atomic E-state index is -1.79. The SMILES string of the molecule is C.C.C.CC(=O)CC(O)C(C)=O.O=C(O)CC(O)C(=O)O. The van der Waals surface area contributed by atoms with E-state index < -0.39 is 30.6 Å². The molecule has 0 aliphatic heterocycles. The van der Waals surface area contributed by atoms with Crippen LogP contribution in [0.25, 0.3) is 0 Å². The lowest BCUT2D eigenvalue weighted by Gasteiger charge is -2.00. The molecule has 0 fully saturated rings. The number of Topliss-reactive ketones (excluding diaryl/α,β-unsaturated/α-hetero) is 2. The lowest BCUT2D eigenvalue weighted by molar-refractivity contribution is -0.152. The van der Waals surface area contributed by atoms with Gasteiger partial charge in [0.15, 0.2) is 11.9 Å². The molecular formula is C13H28O8. The van der Waals surface area contributed by atoms with Gasteiger partial charge in [-0.15, -0.1) is 0 Å². The Kier molecular flexibility index (Phi) is 24.4. The highest BCUT2D eigenvalue weighted by Crippen LogP contribution is 1.92. The van der Waals surface area contributed by atoms with E-state index >= 15 is 0 Å². The molecular weight excluding hydrogens is 284 g/mol. The van der Waals surface area contributed by atoms with Gasteiger partial charge in [0.25, 0.3) is 0 Å². The normalized spacial score (nSPS) is 10.9. The molecule has 21 heavy (non-hydrogen) atoms. The van der Waals surface area contributed by atoms with Gasteiger partial charge in [-0.25, -0.2) is 4.79 Å². The van der Waals surface area contributed by atoms with Crippen molar-refractivity contribution in [2.45, 2.75) is 61.2 Å². The number of carbonyl (C=O) groups is 4. The maximum absolute atomic E-state index is 10.3. The van der Waals surface area contributed by atoms with Crippen LogP contribution in [0.1, 0.15) is 49.0 Å². The summed E-state index contributed by atoms with van der Waals surface area (Å²) in [5.41, 5.74) is 0. The zero-order valence-corrected chi connectivity index (χ0v) is 9.99. The van der Waals surface area contributed by atoms with Gasteiger partial charge in [0.05, 0.1) is 6.42 Å². The molecule has 8 nitrogen and oxygen atoms in total. The van der Waals surface area contributed by atoms with Crippen molar-refractivity contribution in [1.82, 2.24) is 0 Å². The van der Waals surface area contributed by atoms with E-state index in [2.05, 4.69) is 0 Å². The van der Waals surface area contributed by atoms with Gasteiger partial charge >= 0.3 is 11.9 Å². The summed E-state index contributed by atoms with van der Waals surface area (Å²) < 4.78 is 0. The maximum Gasteiger partial charge on any atom is 0.333 e. The minimum absolute atomic E-state index is 0. The fourth-order valence-corrected chi connectivity index (χ4v) is 0.669. The standard InChI is InChI=1S/C6H10O3.C4H6O5.3CH4/c1-4(7)3-6(9)5(2)8;5-2(4(8)9)1-3(6)7;;;/h6,9H,3H2,1-2H3;2,5H,1H2,(H,6,7)(H,8,9);3*1H4. The van der Waals surface area contributed by atoms with Crippen LogP contribution in [0.3, 0.4) is 0 Å². The fraction of sp³-hybridized carbons (Fsp3) is 0.692. The smallest absolute Gasteiger partial charge is 0.333 e. The summed E-state index contributed by atoms with van der Waals surface area (Å²) in [6, 6.07) is 0. The molecule has 0 aromatic rings. The van der Waals surface area contributed by atoms with Gasteiger partial charge in [0.1, 0.15) is 11.9 Å². The zero-order chi connectivity index (χ0) is 14.9. The monoisotopic (exact) mass is 312 g/mol. The Morgan fingerprint density at radius 1 is 0.810 bits per heavy atom. The number of hydrogen-bond donors (Lipinski definition) is 4. The van der Waals surface area contributed by atoms with Crippen molar-refractivity contribution in [2.24, 2.45) is 0 Å². The highest BCUT2D eigenvalue weighted by molar-refractivity contribution is 5.86. The molecule has 0 saturated carbocycles. The quantitative estimate of drug-likeness (QED) is 0.560. The van der Waals surface area contributed by atoms with Gasteiger partial charge < -0.3 is 20.4 Å². The van der Waals surface area contributed by atoms with E-state index in [0.29, 0.717) is 0 Å². The van der Waals surface area contributed by atoms with Gasteiger partial charge in [-0.05, 0) is 13.8 Å². The van der Waals surface area contributed by atoms with E-state index in [-0.39, 0.29) is 40.3 Å². The molecule has 0 heterocycles. The summed E-state index contributed by atoms with van der Waals surface area (Å²) in [6.45, 7) is 2.60. The lowest BCUT2D eigenvalue weighted by atomic mass is 10.1. The second-order valence-corrected chi connectivity index (χ2v) is 3.48. The van der Waals surface area contributed by atoms with Crippen molar-refractivity contribution in [3.63, 3.8) is 0 Å². The van der Waals surface area contributed by atoms with E-state index in [1.165, 1.54) is 13.8 Å². The summed E-state index contributed by atoms with van der Waals surface area (Å²) in [7, 11) is 0. The number of carbonyl (C=O) groups excluding carboxylic acids is 2. The average molecular weight is 312 g/mol. The molecule has 0 spiro atoms. The molecule has 128 valence electrons. The van der Waals surface area contributed by atoms with E-state index in [1.54, 1.807) is 0 Å². The summed E-state index contributed by atoms with van der Waals surface area (Å²) in [4.78, 5) is 39.9. The first-order valence-corrected chi connectivity index (χ1v) is 4.88. The molecule has 0 aliphatic rings. The Balaban J connectivity index is -0.0000000711. The van der Waals surface area contributed by atoms with Crippen molar-refractivity contribution in [2.75, 3.05) is 0 Å². The third kappa shape index (κ3) is 23.7. The Labute approximate surface area is 125 Å². The number of ketones is 2. The Bertz CT molecular complexity index is 292. The fourth-order valence-electron chi connectivity index (χ4n) is 0.669. The van der Waals surface area contributed by atoms with Crippen molar-refractivity contribution in [1.29, 1.82) is 0 Å². The third-order valence-corrected chi connectivity index (χ3v) is 1.60. The minimum Gasteiger partial charge on any atom is -0.481 e. The number of rotatable bonds is 6. The van der Waals surface area contributed by atoms with Crippen LogP contribution in [-0.2, 0) is 19.2 Å². The van der Waals surface area contributed by atoms with E-state index in [1.807, 2.05) is 0 Å². The molecule has 0 aromatic carbocycles. The number of aliphatic carboxylic acids is 2. The van der Waals surface area contributed by atoms with E-state index in [9.17, 15) is 19.2 Å². The van der Waals surface area contributed by atoms with Crippen LogP contribution in [0.4, 0.5) is 0 Å². The van der Waals surface area contributed by atoms with Gasteiger partial charge in [-0.3, -0.25) is 14.4 Å². The van der Waals surface area contributed by atoms with Crippen molar-refractivity contribution < 1.29 is 39.6 Å². The number of aliphatic hydroxyl groups is 2. The van der Waals surface area contributed by atoms with Crippen LogP contribution in [0.5, 0.6) is 0 Å². The number of carboxylic acid groups (broad SMARTS) is 2. The van der Waals surface area contributed by atoms with Crippen molar-refractivity contribution in [3.05, 3.63) is 0 Å². The summed E-state index contributed by atoms with van der Waals surface area (Å²) in [6.07, 6.45) is -3.70. The average Bonchev–Trinajstić information content (AvgIpc) is 2.16. The topological polar surface area (TPSA) is 149 Å². The van der Waals surface area contributed by atoms with Gasteiger partial charge in [0.2, 0.25) is 0 Å². The molecule has 0 radical (unpaired) electrons. The molecule has 0 amide bonds. The van der Waals surface area contributed by atoms with Crippen LogP contribution in [0, 0.1) is 0 Å². The first-order valence-electron chi connectivity index (χ1n) is 4.88. The van der Waals surface area contributed by atoms with E-state index in [4.69, 9.17) is 20.4 Å². The summed E-state index contributed by atoms with van der Waals surface area (Å²) in [5.74, 6) is -3.37. The molecule has 2 unspecified atom stereocenters. The molecule has 8 heteroatoms. The Morgan fingerprint density at radius 3 is 1.29 bits per heavy atom. The summed E-state index contributed by atoms with van der Waals surface area (Å²) in [5, 5.41) is 32.9. The van der Waals surface area contributed by atoms with Gasteiger partial charge in [0, 0.05) is 6.42 Å². The molecule has 0 saturated heterocycles. The van der Waals surface area contributed by atoms with Crippen LogP contribution >= 0.6 is 0 Å². The third-order valence-electron chi connectivity index (χ3n) is 1.60. The Hall–Kier alpha value is -1.80. The predicted molar refractivity (Wildman–Crippen MR) is 78.1 cm³/mol. The van der Waals surface area contributed by atoms with Crippen LogP contribution < -0.4 is 0 Å². The second kappa shape index (κ2) is 16.3. The highest BCUT2D eigenvalue weighted by Gasteiger charge is 2.16. The van der Waals surface area contributed by atoms with Crippen LogP contribution in [-0.4, -0.2) is 56.1 Å². The number of hydrogen-bond acceptors (Lipinski definition) is 6. The first-order chi connectivity index (χ1) is 8.07. The van der Waals surface area contributed by atoms with Gasteiger partial charge in [-0.1, -0.05) is 22.3 Å². The van der Waals surface area contributed by atoms with Gasteiger partial charge in [-0.2, -0.15) is 0 Å². The largest absolute Gasteiger partial charge is 0.481 e. The molecule has 2 atom stereocenters. The molecule has 0 aromatic heterocycles. The highest BCUT2D eigenvalue weighted by atomic mass is 16.4. The maximum atomic E-state index is 10.3. The molecule has 4 N–H and O–H groups in total. The molecule has 0 bridgehead atoms. The van der Waals surface area contributed by atoms with E-state index in [0.717, 1.165) is 0 Å². The van der Waals surface area contributed by atoms with Crippen LogP contribution in [0.15, 0.2) is 0 Å². The number of carboxylic acids is 2. The molecule has 0 aliphatic carbocycles. The first kappa shape index (κ1) is 31.5. The predicted octanol–water partition coefficient (Wildman–Crippen LogP) is 0.730. The van der Waals surface area contributed by atoms with Crippen molar-refractivity contribution >= 4 is 23.5 Å². The van der Waals surface area contributed by atoms with Crippen molar-refractivity contribution in [3.8, 4) is 0 Å². The zero-order valence-electron chi connectivity index (χ0n) is 9.99. The Morgan fingerprint density at radius 2 is 1.19 bits per heavy atom. The summed E-state index contributed by atoms with van der Waals surface area (Å²) >= 11 is 0. The van der Waals surface area contributed by atoms with Crippen LogP contribution in [0.2, 0.25) is 0 Å².